The molecule has 106 valence electrons. The van der Waals surface area contributed by atoms with E-state index < -0.39 is 0 Å². The van der Waals surface area contributed by atoms with Gasteiger partial charge in [0.1, 0.15) is 11.5 Å². The van der Waals surface area contributed by atoms with Gasteiger partial charge in [-0.05, 0) is 36.2 Å². The number of hydrogen-bond acceptors (Lipinski definition) is 3. The van der Waals surface area contributed by atoms with E-state index in [9.17, 15) is 0 Å². The zero-order chi connectivity index (χ0) is 14.5. The first kappa shape index (κ1) is 14.8. The highest BCUT2D eigenvalue weighted by Gasteiger charge is 2.04. The van der Waals surface area contributed by atoms with Gasteiger partial charge in [0.2, 0.25) is 0 Å². The number of hydrogen-bond donors (Lipinski definition) is 1. The molecule has 2 aromatic rings. The van der Waals surface area contributed by atoms with Gasteiger partial charge in [0.25, 0.3) is 0 Å². The molecular weight excluding hydrogens is 272 g/mol. The Hall–Kier alpha value is -1.58. The summed E-state index contributed by atoms with van der Waals surface area (Å²) in [6, 6.07) is 8.04. The highest BCUT2D eigenvalue weighted by molar-refractivity contribution is 6.30. The molecule has 1 N–H and O–H groups in total. The second-order valence-electron chi connectivity index (χ2n) is 5.08. The maximum atomic E-state index is 5.99. The van der Waals surface area contributed by atoms with Crippen LogP contribution in [-0.2, 0) is 6.54 Å². The van der Waals surface area contributed by atoms with Crippen molar-refractivity contribution in [1.29, 1.82) is 0 Å². The number of ether oxygens (including phenoxy) is 1. The summed E-state index contributed by atoms with van der Waals surface area (Å²) in [7, 11) is 0. The Kier molecular flexibility index (Phi) is 4.99. The average molecular weight is 291 g/mol. The maximum absolute atomic E-state index is 5.99. The fourth-order valence-corrected chi connectivity index (χ4v) is 1.91. The summed E-state index contributed by atoms with van der Waals surface area (Å²) in [5.74, 6) is 1.48. The van der Waals surface area contributed by atoms with Crippen molar-refractivity contribution < 1.29 is 4.74 Å². The summed E-state index contributed by atoms with van der Waals surface area (Å²) in [6.45, 7) is 6.99. The molecule has 20 heavy (non-hydrogen) atoms. The van der Waals surface area contributed by atoms with Gasteiger partial charge in [-0.1, -0.05) is 31.5 Å². The zero-order valence-corrected chi connectivity index (χ0v) is 12.7. The van der Waals surface area contributed by atoms with Crippen LogP contribution < -0.4 is 10.1 Å². The predicted molar refractivity (Wildman–Crippen MR) is 82.5 cm³/mol. The van der Waals surface area contributed by atoms with Crippen molar-refractivity contribution in [1.82, 2.24) is 10.3 Å². The van der Waals surface area contributed by atoms with E-state index >= 15 is 0 Å². The standard InChI is InChI=1S/C16H19ClN2O/c1-11(2)19-9-13-6-15(10-18-8-13)20-16-7-14(17)5-4-12(16)3/h4-8,10-11,19H,9H2,1-3H3. The minimum absolute atomic E-state index is 0.440. The van der Waals surface area contributed by atoms with Gasteiger partial charge in [-0.3, -0.25) is 4.98 Å². The van der Waals surface area contributed by atoms with Gasteiger partial charge in [0.05, 0.1) is 6.20 Å². The van der Waals surface area contributed by atoms with E-state index in [-0.39, 0.29) is 0 Å². The van der Waals surface area contributed by atoms with E-state index in [1.54, 1.807) is 6.20 Å². The predicted octanol–water partition coefficient (Wildman–Crippen LogP) is 4.33. The van der Waals surface area contributed by atoms with Crippen LogP contribution in [0, 0.1) is 6.92 Å². The van der Waals surface area contributed by atoms with Crippen LogP contribution in [-0.4, -0.2) is 11.0 Å². The van der Waals surface area contributed by atoms with Crippen LogP contribution in [0.4, 0.5) is 0 Å². The fraction of sp³-hybridized carbons (Fsp3) is 0.312. The molecule has 0 saturated carbocycles. The second-order valence-corrected chi connectivity index (χ2v) is 5.51. The minimum Gasteiger partial charge on any atom is -0.455 e. The molecule has 0 radical (unpaired) electrons. The first-order valence-electron chi connectivity index (χ1n) is 6.66. The number of nitrogens with one attached hydrogen (secondary N) is 1. The first-order valence-corrected chi connectivity index (χ1v) is 7.03. The van der Waals surface area contributed by atoms with Crippen LogP contribution >= 0.6 is 11.6 Å². The van der Waals surface area contributed by atoms with E-state index in [4.69, 9.17) is 16.3 Å². The Bertz CT molecular complexity index is 584. The van der Waals surface area contributed by atoms with Gasteiger partial charge in [0.15, 0.2) is 0 Å². The summed E-state index contributed by atoms with van der Waals surface area (Å²) in [5.41, 5.74) is 2.14. The second kappa shape index (κ2) is 6.73. The van der Waals surface area contributed by atoms with Gasteiger partial charge in [0, 0.05) is 23.8 Å². The summed E-state index contributed by atoms with van der Waals surface area (Å²) < 4.78 is 5.86. The third-order valence-corrected chi connectivity index (χ3v) is 3.10. The van der Waals surface area contributed by atoms with Crippen molar-refractivity contribution >= 4 is 11.6 Å². The molecule has 3 nitrogen and oxygen atoms in total. The molecule has 0 aliphatic heterocycles. The zero-order valence-electron chi connectivity index (χ0n) is 12.0. The van der Waals surface area contributed by atoms with Crippen molar-refractivity contribution in [2.45, 2.75) is 33.4 Å². The van der Waals surface area contributed by atoms with Crippen LogP contribution in [0.2, 0.25) is 5.02 Å². The van der Waals surface area contributed by atoms with Gasteiger partial charge >= 0.3 is 0 Å². The lowest BCUT2D eigenvalue weighted by Crippen LogP contribution is -2.21. The van der Waals surface area contributed by atoms with Crippen molar-refractivity contribution in [3.63, 3.8) is 0 Å². The van der Waals surface area contributed by atoms with Crippen LogP contribution in [0.1, 0.15) is 25.0 Å². The topological polar surface area (TPSA) is 34.1 Å². The molecule has 0 spiro atoms. The highest BCUT2D eigenvalue weighted by atomic mass is 35.5. The maximum Gasteiger partial charge on any atom is 0.146 e. The smallest absolute Gasteiger partial charge is 0.146 e. The number of rotatable bonds is 5. The van der Waals surface area contributed by atoms with Crippen LogP contribution in [0.15, 0.2) is 36.7 Å². The summed E-state index contributed by atoms with van der Waals surface area (Å²) >= 11 is 5.99. The number of nitrogens with zero attached hydrogens (tertiary/aromatic N) is 1. The van der Waals surface area contributed by atoms with Crippen molar-refractivity contribution in [3.8, 4) is 11.5 Å². The normalized spacial score (nSPS) is 10.8. The lowest BCUT2D eigenvalue weighted by atomic mass is 10.2. The molecule has 1 heterocycles. The lowest BCUT2D eigenvalue weighted by molar-refractivity contribution is 0.474. The Morgan fingerprint density at radius 1 is 1.25 bits per heavy atom. The quantitative estimate of drug-likeness (QED) is 0.890. The minimum atomic E-state index is 0.440. The van der Waals surface area contributed by atoms with E-state index in [0.29, 0.717) is 11.1 Å². The summed E-state index contributed by atoms with van der Waals surface area (Å²) in [5, 5.41) is 4.02. The summed E-state index contributed by atoms with van der Waals surface area (Å²) in [6.07, 6.45) is 3.55. The molecule has 0 unspecified atom stereocenters. The molecule has 0 aliphatic rings. The first-order chi connectivity index (χ1) is 9.54. The largest absolute Gasteiger partial charge is 0.455 e. The molecule has 2 rings (SSSR count). The average Bonchev–Trinajstić information content (AvgIpc) is 2.41. The molecule has 1 aromatic heterocycles. The van der Waals surface area contributed by atoms with E-state index in [2.05, 4.69) is 24.1 Å². The number of halogens is 1. The molecular formula is C16H19ClN2O. The molecule has 0 saturated heterocycles. The number of aromatic nitrogens is 1. The lowest BCUT2D eigenvalue weighted by Gasteiger charge is -2.11. The van der Waals surface area contributed by atoms with Crippen LogP contribution in [0.5, 0.6) is 11.5 Å². The van der Waals surface area contributed by atoms with Gasteiger partial charge in [-0.25, -0.2) is 0 Å². The molecule has 0 bridgehead atoms. The Labute approximate surface area is 124 Å². The van der Waals surface area contributed by atoms with Crippen molar-refractivity contribution in [2.24, 2.45) is 0 Å². The molecule has 0 fully saturated rings. The van der Waals surface area contributed by atoms with Gasteiger partial charge < -0.3 is 10.1 Å². The van der Waals surface area contributed by atoms with Gasteiger partial charge in [-0.2, -0.15) is 0 Å². The molecule has 0 amide bonds. The third kappa shape index (κ3) is 4.22. The Morgan fingerprint density at radius 2 is 2.05 bits per heavy atom. The molecule has 4 heteroatoms. The van der Waals surface area contributed by atoms with E-state index in [1.165, 1.54) is 0 Å². The highest BCUT2D eigenvalue weighted by Crippen LogP contribution is 2.27. The number of aryl methyl sites for hydroxylation is 1. The third-order valence-electron chi connectivity index (χ3n) is 2.86. The Morgan fingerprint density at radius 3 is 2.80 bits per heavy atom. The van der Waals surface area contributed by atoms with E-state index in [1.807, 2.05) is 37.4 Å². The Balaban J connectivity index is 2.13. The van der Waals surface area contributed by atoms with Crippen LogP contribution in [0.3, 0.4) is 0 Å². The van der Waals surface area contributed by atoms with Crippen LogP contribution in [0.25, 0.3) is 0 Å². The molecule has 0 atom stereocenters. The summed E-state index contributed by atoms with van der Waals surface area (Å²) in [4.78, 5) is 4.21. The molecule has 0 aliphatic carbocycles. The van der Waals surface area contributed by atoms with Crippen molar-refractivity contribution in [2.75, 3.05) is 0 Å². The monoisotopic (exact) mass is 290 g/mol. The van der Waals surface area contributed by atoms with Gasteiger partial charge in [-0.15, -0.1) is 0 Å². The van der Waals surface area contributed by atoms with Crippen molar-refractivity contribution in [3.05, 3.63) is 52.8 Å². The van der Waals surface area contributed by atoms with E-state index in [0.717, 1.165) is 29.2 Å². The fourth-order valence-electron chi connectivity index (χ4n) is 1.75. The number of benzene rings is 1. The number of pyridine rings is 1. The molecule has 1 aromatic carbocycles. The SMILES string of the molecule is Cc1ccc(Cl)cc1Oc1cncc(CNC(C)C)c1.